The molecule has 2 unspecified atom stereocenters. The summed E-state index contributed by atoms with van der Waals surface area (Å²) in [4.78, 5) is 10.9. The van der Waals surface area contributed by atoms with Crippen molar-refractivity contribution in [3.05, 3.63) is 48.6 Å². The van der Waals surface area contributed by atoms with E-state index in [0.717, 1.165) is 13.0 Å². The fourth-order valence-electron chi connectivity index (χ4n) is 1.96. The minimum atomic E-state index is -0.374. The Labute approximate surface area is 101 Å². The number of hydrogen-bond donors (Lipinski definition) is 0. The predicted octanol–water partition coefficient (Wildman–Crippen LogP) is 2.29. The van der Waals surface area contributed by atoms with Crippen LogP contribution in [0.25, 0.3) is 0 Å². The van der Waals surface area contributed by atoms with Crippen LogP contribution in [0.15, 0.2) is 43.0 Å². The Balaban J connectivity index is 1.79. The third-order valence-corrected chi connectivity index (χ3v) is 2.98. The first kappa shape index (κ1) is 11.9. The van der Waals surface area contributed by atoms with Gasteiger partial charge in [-0.1, -0.05) is 36.9 Å². The molecule has 3 heteroatoms. The average molecular weight is 232 g/mol. The molecule has 1 heterocycles. The Morgan fingerprint density at radius 1 is 1.47 bits per heavy atom. The predicted molar refractivity (Wildman–Crippen MR) is 64.7 cm³/mol. The first-order valence-electron chi connectivity index (χ1n) is 5.77. The molecule has 3 nitrogen and oxygen atoms in total. The maximum atomic E-state index is 10.9. The zero-order chi connectivity index (χ0) is 12.1. The smallest absolute Gasteiger partial charge is 0.330 e. The fourth-order valence-corrected chi connectivity index (χ4v) is 1.96. The zero-order valence-electron chi connectivity index (χ0n) is 9.67. The molecule has 0 aromatic heterocycles. The summed E-state index contributed by atoms with van der Waals surface area (Å²) in [6.07, 6.45) is 2.07. The highest BCUT2D eigenvalue weighted by molar-refractivity contribution is 5.81. The molecule has 0 bridgehead atoms. The van der Waals surface area contributed by atoms with Crippen LogP contribution >= 0.6 is 0 Å². The number of hydrogen-bond acceptors (Lipinski definition) is 3. The van der Waals surface area contributed by atoms with Gasteiger partial charge in [-0.3, -0.25) is 0 Å². The lowest BCUT2D eigenvalue weighted by Gasteiger charge is -2.37. The maximum Gasteiger partial charge on any atom is 0.330 e. The van der Waals surface area contributed by atoms with Crippen molar-refractivity contribution in [2.75, 3.05) is 13.2 Å². The van der Waals surface area contributed by atoms with Crippen LogP contribution in [0.4, 0.5) is 0 Å². The topological polar surface area (TPSA) is 35.5 Å². The molecule has 0 spiro atoms. The molecular weight excluding hydrogens is 216 g/mol. The first-order valence-corrected chi connectivity index (χ1v) is 5.77. The molecule has 2 atom stereocenters. The Bertz CT molecular complexity index is 386. The van der Waals surface area contributed by atoms with Crippen molar-refractivity contribution >= 4 is 5.97 Å². The molecule has 1 aliphatic heterocycles. The largest absolute Gasteiger partial charge is 0.462 e. The lowest BCUT2D eigenvalue weighted by Crippen LogP contribution is -2.38. The van der Waals surface area contributed by atoms with Gasteiger partial charge in [-0.15, -0.1) is 0 Å². The second-order valence-corrected chi connectivity index (χ2v) is 4.05. The van der Waals surface area contributed by atoms with Crippen LogP contribution in [-0.4, -0.2) is 25.3 Å². The van der Waals surface area contributed by atoms with Crippen molar-refractivity contribution in [3.8, 4) is 0 Å². The van der Waals surface area contributed by atoms with E-state index in [0.29, 0.717) is 12.5 Å². The minimum Gasteiger partial charge on any atom is -0.462 e. The van der Waals surface area contributed by atoms with Gasteiger partial charge in [0.15, 0.2) is 0 Å². The summed E-state index contributed by atoms with van der Waals surface area (Å²) >= 11 is 0. The summed E-state index contributed by atoms with van der Waals surface area (Å²) < 4.78 is 10.4. The molecule has 0 saturated carbocycles. The third kappa shape index (κ3) is 2.94. The average Bonchev–Trinajstić information content (AvgIpc) is 2.34. The summed E-state index contributed by atoms with van der Waals surface area (Å²) in [5, 5.41) is 0. The van der Waals surface area contributed by atoms with Crippen molar-refractivity contribution < 1.29 is 14.3 Å². The molecule has 1 fully saturated rings. The van der Waals surface area contributed by atoms with Gasteiger partial charge in [0.25, 0.3) is 0 Å². The molecular formula is C14H16O3. The van der Waals surface area contributed by atoms with Crippen molar-refractivity contribution in [3.63, 3.8) is 0 Å². The van der Waals surface area contributed by atoms with E-state index in [9.17, 15) is 4.79 Å². The van der Waals surface area contributed by atoms with E-state index < -0.39 is 0 Å². The Morgan fingerprint density at radius 3 is 2.82 bits per heavy atom. The summed E-state index contributed by atoms with van der Waals surface area (Å²) in [5.41, 5.74) is 1.29. The van der Waals surface area contributed by atoms with E-state index in [-0.39, 0.29) is 12.1 Å². The van der Waals surface area contributed by atoms with E-state index in [4.69, 9.17) is 9.47 Å². The van der Waals surface area contributed by atoms with E-state index in [1.807, 2.05) is 18.2 Å². The summed E-state index contributed by atoms with van der Waals surface area (Å²) in [7, 11) is 0. The van der Waals surface area contributed by atoms with Crippen molar-refractivity contribution in [2.45, 2.75) is 18.4 Å². The van der Waals surface area contributed by atoms with Gasteiger partial charge in [-0.05, 0) is 5.56 Å². The monoisotopic (exact) mass is 232 g/mol. The van der Waals surface area contributed by atoms with Gasteiger partial charge in [0.1, 0.15) is 0 Å². The maximum absolute atomic E-state index is 10.9. The minimum absolute atomic E-state index is 0.162. The number of ether oxygens (including phenoxy) is 2. The van der Waals surface area contributed by atoms with E-state index in [1.54, 1.807) is 0 Å². The van der Waals surface area contributed by atoms with Gasteiger partial charge >= 0.3 is 5.97 Å². The molecule has 1 saturated heterocycles. The van der Waals surface area contributed by atoms with Crippen LogP contribution in [0.3, 0.4) is 0 Å². The quantitative estimate of drug-likeness (QED) is 0.577. The van der Waals surface area contributed by atoms with Crippen LogP contribution in [0.5, 0.6) is 0 Å². The van der Waals surface area contributed by atoms with Gasteiger partial charge in [0.2, 0.25) is 0 Å². The molecule has 0 aliphatic carbocycles. The number of rotatable bonds is 5. The summed E-state index contributed by atoms with van der Waals surface area (Å²) in [6, 6.07) is 10.3. The standard InChI is InChI=1S/C14H16O3/c1-2-14(15)16-9-8-13-12(10-17-13)11-6-4-3-5-7-11/h2-7,12-13H,1,8-10H2. The number of carbonyl (C=O) groups excluding carboxylic acids is 1. The Morgan fingerprint density at radius 2 is 2.24 bits per heavy atom. The van der Waals surface area contributed by atoms with Crippen molar-refractivity contribution in [2.24, 2.45) is 0 Å². The van der Waals surface area contributed by atoms with E-state index in [1.165, 1.54) is 11.6 Å². The molecule has 0 amide bonds. The summed E-state index contributed by atoms with van der Waals surface area (Å²) in [6.45, 7) is 4.49. The second kappa shape index (κ2) is 5.64. The number of esters is 1. The normalized spacial score (nSPS) is 22.6. The highest BCUT2D eigenvalue weighted by Gasteiger charge is 2.32. The van der Waals surface area contributed by atoms with Gasteiger partial charge in [-0.25, -0.2) is 4.79 Å². The highest BCUT2D eigenvalue weighted by Crippen LogP contribution is 2.32. The van der Waals surface area contributed by atoms with Crippen LogP contribution < -0.4 is 0 Å². The second-order valence-electron chi connectivity index (χ2n) is 4.05. The Hall–Kier alpha value is -1.61. The fraction of sp³-hybridized carbons (Fsp3) is 0.357. The molecule has 0 N–H and O–H groups in total. The van der Waals surface area contributed by atoms with E-state index >= 15 is 0 Å². The van der Waals surface area contributed by atoms with Crippen LogP contribution in [0, 0.1) is 0 Å². The third-order valence-electron chi connectivity index (χ3n) is 2.98. The van der Waals surface area contributed by atoms with Crippen molar-refractivity contribution in [1.29, 1.82) is 0 Å². The van der Waals surface area contributed by atoms with Crippen molar-refractivity contribution in [1.82, 2.24) is 0 Å². The molecule has 1 aliphatic rings. The van der Waals surface area contributed by atoms with Gasteiger partial charge < -0.3 is 9.47 Å². The first-order chi connectivity index (χ1) is 8.31. The van der Waals surface area contributed by atoms with Gasteiger partial charge in [-0.2, -0.15) is 0 Å². The highest BCUT2D eigenvalue weighted by atomic mass is 16.5. The molecule has 90 valence electrons. The SMILES string of the molecule is C=CC(=O)OCCC1OCC1c1ccccc1. The number of carbonyl (C=O) groups is 1. The molecule has 2 rings (SSSR count). The zero-order valence-corrected chi connectivity index (χ0v) is 9.67. The van der Waals surface area contributed by atoms with Gasteiger partial charge in [0.05, 0.1) is 19.3 Å². The van der Waals surface area contributed by atoms with Crippen LogP contribution in [0.2, 0.25) is 0 Å². The molecule has 0 radical (unpaired) electrons. The lowest BCUT2D eigenvalue weighted by molar-refractivity contribution is -0.141. The number of benzene rings is 1. The summed E-state index contributed by atoms with van der Waals surface area (Å²) in [5.74, 6) is 0.0548. The lowest BCUT2D eigenvalue weighted by atomic mass is 9.88. The molecule has 1 aromatic rings. The van der Waals surface area contributed by atoms with E-state index in [2.05, 4.69) is 18.7 Å². The van der Waals surface area contributed by atoms with Gasteiger partial charge in [0, 0.05) is 18.4 Å². The van der Waals surface area contributed by atoms with Crippen LogP contribution in [0.1, 0.15) is 17.9 Å². The molecule has 1 aromatic carbocycles. The molecule has 17 heavy (non-hydrogen) atoms. The Kier molecular flexibility index (Phi) is 3.94. The van der Waals surface area contributed by atoms with Crippen LogP contribution in [-0.2, 0) is 14.3 Å².